The van der Waals surface area contributed by atoms with E-state index in [1.54, 1.807) is 0 Å². The summed E-state index contributed by atoms with van der Waals surface area (Å²) >= 11 is 1.81. The van der Waals surface area contributed by atoms with Crippen LogP contribution in [0, 0.1) is 6.92 Å². The van der Waals surface area contributed by atoms with Crippen molar-refractivity contribution in [1.82, 2.24) is 10.3 Å². The van der Waals surface area contributed by atoms with E-state index in [1.165, 1.54) is 9.75 Å². The summed E-state index contributed by atoms with van der Waals surface area (Å²) < 4.78 is 5.43. The Labute approximate surface area is 113 Å². The highest BCUT2D eigenvalue weighted by Gasteiger charge is 2.37. The second kappa shape index (κ2) is 5.67. The molecular formula is C13H23N3OS. The van der Waals surface area contributed by atoms with E-state index in [-0.39, 0.29) is 11.6 Å². The molecule has 1 fully saturated rings. The molecule has 18 heavy (non-hydrogen) atoms. The molecule has 0 spiro atoms. The van der Waals surface area contributed by atoms with Crippen LogP contribution in [0.3, 0.4) is 0 Å². The quantitative estimate of drug-likeness (QED) is 0.645. The summed E-state index contributed by atoms with van der Waals surface area (Å²) in [6, 6.07) is 4.47. The monoisotopic (exact) mass is 269 g/mol. The van der Waals surface area contributed by atoms with Crippen LogP contribution in [0.1, 0.15) is 29.6 Å². The number of hydrazine groups is 1. The van der Waals surface area contributed by atoms with Crippen LogP contribution in [0.2, 0.25) is 0 Å². The molecule has 1 saturated heterocycles. The zero-order valence-electron chi connectivity index (χ0n) is 11.4. The van der Waals surface area contributed by atoms with E-state index in [0.29, 0.717) is 0 Å². The first kappa shape index (κ1) is 14.0. The molecule has 0 aromatic carbocycles. The lowest BCUT2D eigenvalue weighted by molar-refractivity contribution is -0.0234. The maximum Gasteiger partial charge on any atom is 0.0731 e. The molecule has 1 atom stereocenters. The fourth-order valence-corrected chi connectivity index (χ4v) is 3.68. The third-order valence-corrected chi connectivity index (χ3v) is 4.81. The highest BCUT2D eigenvalue weighted by Crippen LogP contribution is 2.34. The molecule has 5 heteroatoms. The molecule has 1 aromatic heterocycles. The van der Waals surface area contributed by atoms with Crippen molar-refractivity contribution in [1.29, 1.82) is 0 Å². The lowest BCUT2D eigenvalue weighted by atomic mass is 9.91. The van der Waals surface area contributed by atoms with Crippen LogP contribution >= 0.6 is 11.3 Å². The smallest absolute Gasteiger partial charge is 0.0731 e. The van der Waals surface area contributed by atoms with Crippen molar-refractivity contribution >= 4 is 11.3 Å². The number of nitrogens with two attached hydrogens (primary N) is 1. The van der Waals surface area contributed by atoms with Crippen molar-refractivity contribution in [2.24, 2.45) is 5.84 Å². The Bertz CT molecular complexity index is 385. The molecule has 1 unspecified atom stereocenters. The van der Waals surface area contributed by atoms with E-state index in [9.17, 15) is 0 Å². The summed E-state index contributed by atoms with van der Waals surface area (Å²) in [6.45, 7) is 10.2. The highest BCUT2D eigenvalue weighted by molar-refractivity contribution is 7.12. The van der Waals surface area contributed by atoms with E-state index < -0.39 is 0 Å². The van der Waals surface area contributed by atoms with Gasteiger partial charge in [0.1, 0.15) is 0 Å². The molecule has 0 radical (unpaired) electrons. The average molecular weight is 269 g/mol. The molecule has 1 aliphatic heterocycles. The largest absolute Gasteiger partial charge is 0.379 e. The Balaban J connectivity index is 2.19. The summed E-state index contributed by atoms with van der Waals surface area (Å²) in [5, 5.41) is 0. The van der Waals surface area contributed by atoms with Gasteiger partial charge < -0.3 is 4.74 Å². The summed E-state index contributed by atoms with van der Waals surface area (Å²) in [6.07, 6.45) is 0. The van der Waals surface area contributed by atoms with Crippen LogP contribution in [0.25, 0.3) is 0 Å². The van der Waals surface area contributed by atoms with E-state index in [1.807, 2.05) is 11.3 Å². The van der Waals surface area contributed by atoms with Crippen molar-refractivity contribution in [2.45, 2.75) is 32.4 Å². The molecule has 2 heterocycles. The Morgan fingerprint density at radius 3 is 2.56 bits per heavy atom. The lowest BCUT2D eigenvalue weighted by Crippen LogP contribution is -2.57. The van der Waals surface area contributed by atoms with E-state index in [2.05, 4.69) is 43.2 Å². The Kier molecular flexibility index (Phi) is 4.40. The van der Waals surface area contributed by atoms with Gasteiger partial charge in [0.25, 0.3) is 0 Å². The number of hydrogen-bond acceptors (Lipinski definition) is 5. The van der Waals surface area contributed by atoms with Gasteiger partial charge in [0.15, 0.2) is 0 Å². The van der Waals surface area contributed by atoms with Crippen molar-refractivity contribution in [2.75, 3.05) is 26.3 Å². The summed E-state index contributed by atoms with van der Waals surface area (Å²) in [5.74, 6) is 5.81. The zero-order valence-corrected chi connectivity index (χ0v) is 12.2. The highest BCUT2D eigenvalue weighted by atomic mass is 32.1. The first-order chi connectivity index (χ1) is 8.55. The second-order valence-corrected chi connectivity index (χ2v) is 6.62. The fraction of sp³-hybridized carbons (Fsp3) is 0.692. The molecule has 102 valence electrons. The van der Waals surface area contributed by atoms with Gasteiger partial charge in [-0.3, -0.25) is 16.2 Å². The molecule has 0 aliphatic carbocycles. The Morgan fingerprint density at radius 1 is 1.39 bits per heavy atom. The van der Waals surface area contributed by atoms with Crippen LogP contribution in [0.5, 0.6) is 0 Å². The topological polar surface area (TPSA) is 50.5 Å². The van der Waals surface area contributed by atoms with E-state index in [4.69, 9.17) is 10.6 Å². The molecule has 1 aromatic rings. The normalized spacial score (nSPS) is 20.0. The van der Waals surface area contributed by atoms with Crippen LogP contribution < -0.4 is 11.3 Å². The van der Waals surface area contributed by atoms with Gasteiger partial charge in [-0.25, -0.2) is 0 Å². The third kappa shape index (κ3) is 2.75. The molecule has 4 nitrogen and oxygen atoms in total. The molecule has 0 bridgehead atoms. The van der Waals surface area contributed by atoms with Crippen molar-refractivity contribution in [3.63, 3.8) is 0 Å². The first-order valence-corrected chi connectivity index (χ1v) is 7.22. The molecule has 1 aliphatic rings. The molecular weight excluding hydrogens is 246 g/mol. The maximum absolute atomic E-state index is 5.81. The number of nitrogens with zero attached hydrogens (tertiary/aromatic N) is 1. The Hall–Kier alpha value is -0.460. The minimum absolute atomic E-state index is 0.0180. The summed E-state index contributed by atoms with van der Waals surface area (Å²) in [7, 11) is 0. The van der Waals surface area contributed by atoms with Gasteiger partial charge in [-0.1, -0.05) is 0 Å². The summed E-state index contributed by atoms with van der Waals surface area (Å²) in [4.78, 5) is 5.07. The van der Waals surface area contributed by atoms with Gasteiger partial charge in [-0.05, 0) is 32.9 Å². The number of ether oxygens (including phenoxy) is 1. The number of thiophene rings is 1. The van der Waals surface area contributed by atoms with E-state index in [0.717, 1.165) is 26.3 Å². The van der Waals surface area contributed by atoms with Gasteiger partial charge in [0.2, 0.25) is 0 Å². The zero-order chi connectivity index (χ0) is 13.2. The minimum atomic E-state index is -0.0180. The second-order valence-electron chi connectivity index (χ2n) is 5.30. The molecule has 0 amide bonds. The number of aryl methyl sites for hydroxylation is 1. The van der Waals surface area contributed by atoms with Crippen LogP contribution in [0.15, 0.2) is 12.1 Å². The third-order valence-electron chi connectivity index (χ3n) is 3.74. The number of rotatable bonds is 4. The number of hydrogen-bond donors (Lipinski definition) is 2. The SMILES string of the molecule is Cc1ccc(C(NN)C(C)(C)N2CCOCC2)s1. The van der Waals surface area contributed by atoms with Crippen molar-refractivity contribution in [3.05, 3.63) is 21.9 Å². The van der Waals surface area contributed by atoms with Crippen LogP contribution in [-0.2, 0) is 4.74 Å². The molecule has 2 rings (SSSR count). The fourth-order valence-electron chi connectivity index (χ4n) is 2.57. The van der Waals surface area contributed by atoms with Gasteiger partial charge in [0.05, 0.1) is 19.3 Å². The predicted octanol–water partition coefficient (Wildman–Crippen LogP) is 1.67. The summed E-state index contributed by atoms with van der Waals surface area (Å²) in [5.41, 5.74) is 2.98. The number of nitrogens with one attached hydrogen (secondary N) is 1. The van der Waals surface area contributed by atoms with Gasteiger partial charge in [-0.2, -0.15) is 0 Å². The molecule has 3 N–H and O–H groups in total. The van der Waals surface area contributed by atoms with Gasteiger partial charge in [-0.15, -0.1) is 11.3 Å². The van der Waals surface area contributed by atoms with Crippen molar-refractivity contribution in [3.8, 4) is 0 Å². The maximum atomic E-state index is 5.81. The molecule has 0 saturated carbocycles. The average Bonchev–Trinajstić information content (AvgIpc) is 2.77. The predicted molar refractivity (Wildman–Crippen MR) is 75.6 cm³/mol. The minimum Gasteiger partial charge on any atom is -0.379 e. The van der Waals surface area contributed by atoms with Gasteiger partial charge in [0, 0.05) is 28.4 Å². The van der Waals surface area contributed by atoms with Gasteiger partial charge >= 0.3 is 0 Å². The number of morpholine rings is 1. The van der Waals surface area contributed by atoms with Crippen molar-refractivity contribution < 1.29 is 4.74 Å². The standard InChI is InChI=1S/C13H23N3OS/c1-10-4-5-11(18-10)12(15-14)13(2,3)16-6-8-17-9-7-16/h4-5,12,15H,6-9,14H2,1-3H3. The Morgan fingerprint density at radius 2 is 2.06 bits per heavy atom. The van der Waals surface area contributed by atoms with E-state index >= 15 is 0 Å². The van der Waals surface area contributed by atoms with Crippen LogP contribution in [-0.4, -0.2) is 36.7 Å². The van der Waals surface area contributed by atoms with Crippen LogP contribution in [0.4, 0.5) is 0 Å². The lowest BCUT2D eigenvalue weighted by Gasteiger charge is -2.45. The first-order valence-electron chi connectivity index (χ1n) is 6.41.